The van der Waals surface area contributed by atoms with Crippen molar-refractivity contribution in [2.45, 2.75) is 12.8 Å². The number of carbonyl (C=O) groups excluding carboxylic acids is 1. The molecule has 0 aliphatic rings. The van der Waals surface area contributed by atoms with Gasteiger partial charge in [-0.2, -0.15) is 5.10 Å². The normalized spacial score (nSPS) is 10.8. The van der Waals surface area contributed by atoms with E-state index in [0.717, 1.165) is 15.8 Å². The van der Waals surface area contributed by atoms with Crippen molar-refractivity contribution >= 4 is 38.8 Å². The Morgan fingerprint density at radius 3 is 3.15 bits per heavy atom. The largest absolute Gasteiger partial charge is 0.341 e. The Bertz CT molecular complexity index is 736. The minimum absolute atomic E-state index is 0.0937. The van der Waals surface area contributed by atoms with Crippen LogP contribution < -0.4 is 5.32 Å². The van der Waals surface area contributed by atoms with Gasteiger partial charge < -0.3 is 10.3 Å². The summed E-state index contributed by atoms with van der Waals surface area (Å²) < 4.78 is 0.886. The van der Waals surface area contributed by atoms with E-state index in [4.69, 9.17) is 0 Å². The van der Waals surface area contributed by atoms with Gasteiger partial charge in [0.15, 0.2) is 5.65 Å². The van der Waals surface area contributed by atoms with E-state index in [1.54, 1.807) is 18.5 Å². The second kappa shape index (κ2) is 5.41. The van der Waals surface area contributed by atoms with Crippen LogP contribution in [0.5, 0.6) is 0 Å². The summed E-state index contributed by atoms with van der Waals surface area (Å²) in [7, 11) is 0. The molecule has 102 valence electrons. The van der Waals surface area contributed by atoms with Gasteiger partial charge in [0.1, 0.15) is 11.6 Å². The van der Waals surface area contributed by atoms with Gasteiger partial charge in [-0.1, -0.05) is 0 Å². The fourth-order valence-electron chi connectivity index (χ4n) is 1.81. The summed E-state index contributed by atoms with van der Waals surface area (Å²) in [6.45, 7) is 0. The third-order valence-corrected chi connectivity index (χ3v) is 3.15. The van der Waals surface area contributed by atoms with E-state index in [0.29, 0.717) is 24.3 Å². The maximum atomic E-state index is 11.7. The number of anilines is 1. The molecular formula is C12H11BrN6O. The van der Waals surface area contributed by atoms with Gasteiger partial charge in [-0.25, -0.2) is 9.97 Å². The summed E-state index contributed by atoms with van der Waals surface area (Å²) in [6, 6.07) is 3.60. The van der Waals surface area contributed by atoms with Gasteiger partial charge in [-0.05, 0) is 22.0 Å². The fraction of sp³-hybridized carbons (Fsp3) is 0.167. The molecule has 0 aliphatic heterocycles. The Kier molecular flexibility index (Phi) is 3.46. The van der Waals surface area contributed by atoms with E-state index >= 15 is 0 Å². The highest BCUT2D eigenvalue weighted by atomic mass is 79.9. The van der Waals surface area contributed by atoms with Gasteiger partial charge in [-0.3, -0.25) is 9.89 Å². The van der Waals surface area contributed by atoms with Crippen LogP contribution in [0.1, 0.15) is 12.2 Å². The van der Waals surface area contributed by atoms with E-state index in [9.17, 15) is 4.79 Å². The third-order valence-electron chi connectivity index (χ3n) is 2.72. The Labute approximate surface area is 122 Å². The summed E-state index contributed by atoms with van der Waals surface area (Å²) in [5, 5.41) is 9.15. The van der Waals surface area contributed by atoms with Crippen molar-refractivity contribution in [1.29, 1.82) is 0 Å². The average molecular weight is 335 g/mol. The van der Waals surface area contributed by atoms with E-state index in [1.165, 1.54) is 0 Å². The predicted molar refractivity (Wildman–Crippen MR) is 77.1 cm³/mol. The zero-order valence-electron chi connectivity index (χ0n) is 10.4. The van der Waals surface area contributed by atoms with Gasteiger partial charge in [0.05, 0.1) is 11.7 Å². The minimum atomic E-state index is -0.0937. The first-order valence-electron chi connectivity index (χ1n) is 6.00. The highest BCUT2D eigenvalue weighted by Gasteiger charge is 2.08. The van der Waals surface area contributed by atoms with Crippen molar-refractivity contribution in [3.8, 4) is 0 Å². The van der Waals surface area contributed by atoms with Gasteiger partial charge in [0, 0.05) is 29.6 Å². The van der Waals surface area contributed by atoms with Crippen LogP contribution >= 0.6 is 15.9 Å². The van der Waals surface area contributed by atoms with Crippen molar-refractivity contribution in [2.75, 3.05) is 5.32 Å². The molecule has 7 nitrogen and oxygen atoms in total. The molecule has 0 radical (unpaired) electrons. The standard InChI is InChI=1S/C12H11BrN6O/c13-7-5-8-12(14-6-7)18-9(16-8)1-2-11(20)17-10-3-4-15-19-10/h3-6H,1-2H2,(H,14,16,18)(H2,15,17,19,20). The molecule has 3 heterocycles. The SMILES string of the molecule is O=C(CCc1nc2ncc(Br)cc2[nH]1)Nc1ccn[nH]1. The van der Waals surface area contributed by atoms with Crippen molar-refractivity contribution in [3.05, 3.63) is 34.8 Å². The molecule has 0 atom stereocenters. The number of pyridine rings is 1. The number of amides is 1. The topological polar surface area (TPSA) is 99.3 Å². The number of H-pyrrole nitrogens is 2. The van der Waals surface area contributed by atoms with Gasteiger partial charge in [0.2, 0.25) is 5.91 Å². The first-order chi connectivity index (χ1) is 9.70. The van der Waals surface area contributed by atoms with Crippen LogP contribution in [0.4, 0.5) is 5.82 Å². The molecule has 20 heavy (non-hydrogen) atoms. The Morgan fingerprint density at radius 2 is 2.35 bits per heavy atom. The summed E-state index contributed by atoms with van der Waals surface area (Å²) in [5.41, 5.74) is 1.50. The number of halogens is 1. The molecule has 0 aromatic carbocycles. The molecular weight excluding hydrogens is 324 g/mol. The fourth-order valence-corrected chi connectivity index (χ4v) is 2.14. The lowest BCUT2D eigenvalue weighted by Crippen LogP contribution is -2.12. The lowest BCUT2D eigenvalue weighted by atomic mass is 10.3. The molecule has 3 aromatic rings. The number of fused-ring (bicyclic) bond motifs is 1. The number of imidazole rings is 1. The Hall–Kier alpha value is -2.22. The number of nitrogens with zero attached hydrogens (tertiary/aromatic N) is 3. The highest BCUT2D eigenvalue weighted by molar-refractivity contribution is 9.10. The molecule has 3 N–H and O–H groups in total. The van der Waals surface area contributed by atoms with Crippen LogP contribution in [-0.2, 0) is 11.2 Å². The van der Waals surface area contributed by atoms with Crippen molar-refractivity contribution < 1.29 is 4.79 Å². The number of aryl methyl sites for hydroxylation is 1. The first-order valence-corrected chi connectivity index (χ1v) is 6.79. The second-order valence-electron chi connectivity index (χ2n) is 4.23. The zero-order chi connectivity index (χ0) is 13.9. The van der Waals surface area contributed by atoms with Crippen LogP contribution in [0.2, 0.25) is 0 Å². The summed E-state index contributed by atoms with van der Waals surface area (Å²) >= 11 is 3.35. The lowest BCUT2D eigenvalue weighted by molar-refractivity contribution is -0.116. The van der Waals surface area contributed by atoms with E-state index in [2.05, 4.69) is 46.4 Å². The molecule has 0 bridgehead atoms. The van der Waals surface area contributed by atoms with Crippen molar-refractivity contribution in [2.24, 2.45) is 0 Å². The van der Waals surface area contributed by atoms with E-state index in [-0.39, 0.29) is 5.91 Å². The number of nitrogens with one attached hydrogen (secondary N) is 3. The first kappa shape index (κ1) is 12.8. The minimum Gasteiger partial charge on any atom is -0.341 e. The molecule has 1 amide bonds. The summed E-state index contributed by atoms with van der Waals surface area (Å²) in [5.74, 6) is 1.24. The summed E-state index contributed by atoms with van der Waals surface area (Å²) in [4.78, 5) is 23.4. The smallest absolute Gasteiger partial charge is 0.225 e. The van der Waals surface area contributed by atoms with Crippen molar-refractivity contribution in [1.82, 2.24) is 25.1 Å². The van der Waals surface area contributed by atoms with E-state index in [1.807, 2.05) is 6.07 Å². The monoisotopic (exact) mass is 334 g/mol. The molecule has 0 unspecified atom stereocenters. The third kappa shape index (κ3) is 2.85. The van der Waals surface area contributed by atoms with Crippen LogP contribution in [0.15, 0.2) is 29.0 Å². The maximum absolute atomic E-state index is 11.7. The Morgan fingerprint density at radius 1 is 1.45 bits per heavy atom. The molecule has 8 heteroatoms. The number of rotatable bonds is 4. The van der Waals surface area contributed by atoms with Gasteiger partial charge in [-0.15, -0.1) is 0 Å². The van der Waals surface area contributed by atoms with Crippen molar-refractivity contribution in [3.63, 3.8) is 0 Å². The molecule has 0 aliphatic carbocycles. The predicted octanol–water partition coefficient (Wildman–Crippen LogP) is 2.01. The molecule has 3 aromatic heterocycles. The number of hydrogen-bond acceptors (Lipinski definition) is 4. The number of hydrogen-bond donors (Lipinski definition) is 3. The molecule has 0 spiro atoms. The van der Waals surface area contributed by atoms with Crippen LogP contribution in [0.25, 0.3) is 11.2 Å². The van der Waals surface area contributed by atoms with Crippen LogP contribution in [0, 0.1) is 0 Å². The molecule has 0 saturated heterocycles. The number of aromatic amines is 2. The highest BCUT2D eigenvalue weighted by Crippen LogP contribution is 2.15. The van der Waals surface area contributed by atoms with Gasteiger partial charge in [0.25, 0.3) is 0 Å². The lowest BCUT2D eigenvalue weighted by Gasteiger charge is -2.00. The van der Waals surface area contributed by atoms with E-state index < -0.39 is 0 Å². The zero-order valence-corrected chi connectivity index (χ0v) is 11.9. The molecule has 0 fully saturated rings. The second-order valence-corrected chi connectivity index (χ2v) is 5.14. The van der Waals surface area contributed by atoms with Gasteiger partial charge >= 0.3 is 0 Å². The number of carbonyl (C=O) groups is 1. The summed E-state index contributed by atoms with van der Waals surface area (Å²) in [6.07, 6.45) is 4.13. The van der Waals surface area contributed by atoms with Crippen LogP contribution in [-0.4, -0.2) is 31.1 Å². The average Bonchev–Trinajstić information content (AvgIpc) is 3.04. The number of aromatic nitrogens is 5. The van der Waals surface area contributed by atoms with Crippen LogP contribution in [0.3, 0.4) is 0 Å². The quantitative estimate of drug-likeness (QED) is 0.679. The maximum Gasteiger partial charge on any atom is 0.225 e. The Balaban J connectivity index is 1.63. The molecule has 0 saturated carbocycles. The molecule has 3 rings (SSSR count).